The summed E-state index contributed by atoms with van der Waals surface area (Å²) in [5, 5.41) is 3.26. The van der Waals surface area contributed by atoms with Crippen LogP contribution in [0.3, 0.4) is 0 Å². The number of hydrogen-bond donors (Lipinski definition) is 2. The highest BCUT2D eigenvalue weighted by molar-refractivity contribution is 5.83. The molecule has 2 fully saturated rings. The summed E-state index contributed by atoms with van der Waals surface area (Å²) in [6.45, 7) is 2.80. The van der Waals surface area contributed by atoms with Crippen molar-refractivity contribution in [3.8, 4) is 0 Å². The molecule has 17 heavy (non-hydrogen) atoms. The van der Waals surface area contributed by atoms with Crippen molar-refractivity contribution in [3.63, 3.8) is 0 Å². The number of carbonyl (C=O) groups excluding carboxylic acids is 1. The van der Waals surface area contributed by atoms with Gasteiger partial charge in [-0.2, -0.15) is 0 Å². The van der Waals surface area contributed by atoms with E-state index in [2.05, 4.69) is 12.2 Å². The summed E-state index contributed by atoms with van der Waals surface area (Å²) in [6, 6.07) is 0.398. The van der Waals surface area contributed by atoms with Gasteiger partial charge >= 0.3 is 0 Å². The van der Waals surface area contributed by atoms with Crippen LogP contribution in [0.2, 0.25) is 0 Å². The molecular weight excluding hydrogens is 212 g/mol. The van der Waals surface area contributed by atoms with Crippen molar-refractivity contribution in [2.45, 2.75) is 64.3 Å². The van der Waals surface area contributed by atoms with Crippen molar-refractivity contribution < 1.29 is 4.79 Å². The predicted octanol–water partition coefficient (Wildman–Crippen LogP) is 2.20. The smallest absolute Gasteiger partial charge is 0.227 e. The zero-order chi connectivity index (χ0) is 12.3. The second-order valence-corrected chi connectivity index (χ2v) is 6.13. The molecule has 3 N–H and O–H groups in total. The highest BCUT2D eigenvalue weighted by atomic mass is 16.2. The van der Waals surface area contributed by atoms with Crippen molar-refractivity contribution in [3.05, 3.63) is 0 Å². The lowest BCUT2D eigenvalue weighted by atomic mass is 9.83. The van der Waals surface area contributed by atoms with E-state index in [0.29, 0.717) is 12.6 Å². The minimum absolute atomic E-state index is 0.233. The molecule has 3 heteroatoms. The van der Waals surface area contributed by atoms with E-state index in [9.17, 15) is 4.79 Å². The summed E-state index contributed by atoms with van der Waals surface area (Å²) < 4.78 is 0. The molecule has 0 aromatic heterocycles. The van der Waals surface area contributed by atoms with Crippen molar-refractivity contribution in [2.75, 3.05) is 6.54 Å². The van der Waals surface area contributed by atoms with E-state index in [1.54, 1.807) is 0 Å². The Morgan fingerprint density at radius 2 is 2.00 bits per heavy atom. The SMILES string of the molecule is CC1CCCC(NC(=O)C2(CN)CCCC2)C1. The van der Waals surface area contributed by atoms with Gasteiger partial charge in [0.2, 0.25) is 5.91 Å². The molecule has 0 heterocycles. The van der Waals surface area contributed by atoms with E-state index in [1.165, 1.54) is 12.8 Å². The number of rotatable bonds is 3. The van der Waals surface area contributed by atoms with E-state index in [0.717, 1.165) is 44.4 Å². The molecule has 2 unspecified atom stereocenters. The minimum Gasteiger partial charge on any atom is -0.353 e. The van der Waals surface area contributed by atoms with Gasteiger partial charge < -0.3 is 11.1 Å². The van der Waals surface area contributed by atoms with Crippen LogP contribution in [-0.4, -0.2) is 18.5 Å². The van der Waals surface area contributed by atoms with Crippen LogP contribution in [0, 0.1) is 11.3 Å². The zero-order valence-electron chi connectivity index (χ0n) is 11.0. The molecule has 2 aliphatic carbocycles. The van der Waals surface area contributed by atoms with E-state index in [-0.39, 0.29) is 11.3 Å². The van der Waals surface area contributed by atoms with Gasteiger partial charge in [0.25, 0.3) is 0 Å². The molecule has 0 aliphatic heterocycles. The van der Waals surface area contributed by atoms with Crippen LogP contribution in [0.1, 0.15) is 58.3 Å². The van der Waals surface area contributed by atoms with E-state index in [4.69, 9.17) is 5.73 Å². The third-order valence-corrected chi connectivity index (χ3v) is 4.70. The molecule has 0 aromatic rings. The number of nitrogens with one attached hydrogen (secondary N) is 1. The van der Waals surface area contributed by atoms with Crippen molar-refractivity contribution >= 4 is 5.91 Å². The molecule has 0 aromatic carbocycles. The van der Waals surface area contributed by atoms with Gasteiger partial charge in [0.05, 0.1) is 5.41 Å². The first-order chi connectivity index (χ1) is 8.16. The average Bonchev–Trinajstić information content (AvgIpc) is 2.78. The second-order valence-electron chi connectivity index (χ2n) is 6.13. The first kappa shape index (κ1) is 12.9. The number of carbonyl (C=O) groups is 1. The van der Waals surface area contributed by atoms with Gasteiger partial charge in [0, 0.05) is 12.6 Å². The Kier molecular flexibility index (Phi) is 4.08. The number of hydrogen-bond acceptors (Lipinski definition) is 2. The monoisotopic (exact) mass is 238 g/mol. The van der Waals surface area contributed by atoms with Crippen molar-refractivity contribution in [1.29, 1.82) is 0 Å². The molecular formula is C14H26N2O. The lowest BCUT2D eigenvalue weighted by molar-refractivity contribution is -0.131. The molecule has 2 aliphatic rings. The summed E-state index contributed by atoms with van der Waals surface area (Å²) in [7, 11) is 0. The highest BCUT2D eigenvalue weighted by Crippen LogP contribution is 2.37. The molecule has 0 saturated heterocycles. The van der Waals surface area contributed by atoms with Crippen LogP contribution in [0.25, 0.3) is 0 Å². The Morgan fingerprint density at radius 1 is 1.29 bits per heavy atom. The minimum atomic E-state index is -0.235. The van der Waals surface area contributed by atoms with Crippen LogP contribution in [0.15, 0.2) is 0 Å². The quantitative estimate of drug-likeness (QED) is 0.792. The molecule has 0 bridgehead atoms. The lowest BCUT2D eigenvalue weighted by Crippen LogP contribution is -2.48. The van der Waals surface area contributed by atoms with Gasteiger partial charge in [0.1, 0.15) is 0 Å². The fraction of sp³-hybridized carbons (Fsp3) is 0.929. The molecule has 98 valence electrons. The van der Waals surface area contributed by atoms with Gasteiger partial charge in [-0.05, 0) is 31.6 Å². The van der Waals surface area contributed by atoms with Crippen molar-refractivity contribution in [1.82, 2.24) is 5.32 Å². The van der Waals surface area contributed by atoms with Crippen molar-refractivity contribution in [2.24, 2.45) is 17.1 Å². The summed E-state index contributed by atoms with van der Waals surface area (Å²) >= 11 is 0. The third-order valence-electron chi connectivity index (χ3n) is 4.70. The largest absolute Gasteiger partial charge is 0.353 e. The van der Waals surface area contributed by atoms with E-state index in [1.807, 2.05) is 0 Å². The zero-order valence-corrected chi connectivity index (χ0v) is 11.0. The average molecular weight is 238 g/mol. The lowest BCUT2D eigenvalue weighted by Gasteiger charge is -2.32. The highest BCUT2D eigenvalue weighted by Gasteiger charge is 2.40. The Bertz CT molecular complexity index is 271. The molecule has 3 nitrogen and oxygen atoms in total. The fourth-order valence-corrected chi connectivity index (χ4v) is 3.48. The number of nitrogens with two attached hydrogens (primary N) is 1. The van der Waals surface area contributed by atoms with Crippen LogP contribution >= 0.6 is 0 Å². The molecule has 0 spiro atoms. The van der Waals surface area contributed by atoms with Crippen LogP contribution in [-0.2, 0) is 4.79 Å². The predicted molar refractivity (Wildman–Crippen MR) is 69.5 cm³/mol. The first-order valence-electron chi connectivity index (χ1n) is 7.17. The van der Waals surface area contributed by atoms with Gasteiger partial charge in [-0.1, -0.05) is 32.6 Å². The molecule has 2 atom stereocenters. The molecule has 2 rings (SSSR count). The van der Waals surface area contributed by atoms with Gasteiger partial charge in [-0.25, -0.2) is 0 Å². The van der Waals surface area contributed by atoms with Crippen LogP contribution in [0.4, 0.5) is 0 Å². The van der Waals surface area contributed by atoms with Crippen LogP contribution in [0.5, 0.6) is 0 Å². The Hall–Kier alpha value is -0.570. The maximum Gasteiger partial charge on any atom is 0.227 e. The van der Waals surface area contributed by atoms with E-state index >= 15 is 0 Å². The topological polar surface area (TPSA) is 55.1 Å². The van der Waals surface area contributed by atoms with Gasteiger partial charge in [-0.3, -0.25) is 4.79 Å². The maximum absolute atomic E-state index is 12.4. The molecule has 2 saturated carbocycles. The van der Waals surface area contributed by atoms with E-state index < -0.39 is 0 Å². The summed E-state index contributed by atoms with van der Waals surface area (Å²) in [5.41, 5.74) is 5.61. The standard InChI is InChI=1S/C14H26N2O/c1-11-5-4-6-12(9-11)16-13(17)14(10-15)7-2-3-8-14/h11-12H,2-10,15H2,1H3,(H,16,17). The molecule has 1 amide bonds. The summed E-state index contributed by atoms with van der Waals surface area (Å²) in [5.74, 6) is 0.989. The second kappa shape index (κ2) is 5.38. The Morgan fingerprint density at radius 3 is 2.59 bits per heavy atom. The fourth-order valence-electron chi connectivity index (χ4n) is 3.48. The van der Waals surface area contributed by atoms with Gasteiger partial charge in [-0.15, -0.1) is 0 Å². The summed E-state index contributed by atoms with van der Waals surface area (Å²) in [4.78, 5) is 12.4. The first-order valence-corrected chi connectivity index (χ1v) is 7.17. The summed E-state index contributed by atoms with van der Waals surface area (Å²) in [6.07, 6.45) is 9.14. The Labute approximate surface area is 105 Å². The normalized spacial score (nSPS) is 32.4. The molecule has 0 radical (unpaired) electrons. The third kappa shape index (κ3) is 2.82. The Balaban J connectivity index is 1.91. The van der Waals surface area contributed by atoms with Gasteiger partial charge in [0.15, 0.2) is 0 Å². The van der Waals surface area contributed by atoms with Crippen LogP contribution < -0.4 is 11.1 Å². The maximum atomic E-state index is 12.4. The number of amides is 1.